The van der Waals surface area contributed by atoms with Gasteiger partial charge in [-0.3, -0.25) is 5.43 Å². The monoisotopic (exact) mass is 293 g/mol. The standard InChI is InChI=1S/C14H19N3O4/c1-20-13(18)15-17-9-7-16(8-10-17)14(19)21-11-12-5-3-2-4-6-12/h2-6H,7-11H2,1H3,(H,15,18). The Morgan fingerprint density at radius 2 is 1.81 bits per heavy atom. The van der Waals surface area contributed by atoms with Crippen LogP contribution in [-0.4, -0.2) is 55.4 Å². The first-order valence-electron chi connectivity index (χ1n) is 6.74. The van der Waals surface area contributed by atoms with Gasteiger partial charge in [-0.25, -0.2) is 14.6 Å². The number of methoxy groups -OCH3 is 1. The smallest absolute Gasteiger partial charge is 0.421 e. The number of carbonyl (C=O) groups is 2. The van der Waals surface area contributed by atoms with Gasteiger partial charge >= 0.3 is 12.2 Å². The Labute approximate surface area is 123 Å². The molecule has 2 amide bonds. The molecule has 7 nitrogen and oxygen atoms in total. The first kappa shape index (κ1) is 15.1. The third kappa shape index (κ3) is 4.64. The minimum Gasteiger partial charge on any atom is -0.452 e. The molecule has 1 fully saturated rings. The van der Waals surface area contributed by atoms with Crippen molar-refractivity contribution in [1.29, 1.82) is 0 Å². The Hall–Kier alpha value is -2.28. The Morgan fingerprint density at radius 1 is 1.14 bits per heavy atom. The van der Waals surface area contributed by atoms with Crippen LogP contribution in [0.25, 0.3) is 0 Å². The van der Waals surface area contributed by atoms with Gasteiger partial charge in [-0.1, -0.05) is 30.3 Å². The molecule has 1 aromatic rings. The molecule has 0 aliphatic carbocycles. The molecule has 0 unspecified atom stereocenters. The zero-order chi connectivity index (χ0) is 15.1. The summed E-state index contributed by atoms with van der Waals surface area (Å²) in [6.45, 7) is 2.33. The molecule has 7 heteroatoms. The van der Waals surface area contributed by atoms with E-state index in [0.717, 1.165) is 5.56 Å². The van der Waals surface area contributed by atoms with Crippen LogP contribution in [0.1, 0.15) is 5.56 Å². The molecule has 0 aromatic heterocycles. The number of benzene rings is 1. The molecule has 1 heterocycles. The lowest BCUT2D eigenvalue weighted by atomic mass is 10.2. The van der Waals surface area contributed by atoms with E-state index in [1.165, 1.54) is 7.11 Å². The summed E-state index contributed by atoms with van der Waals surface area (Å²) in [6.07, 6.45) is -0.841. The van der Waals surface area contributed by atoms with Crippen molar-refractivity contribution in [3.63, 3.8) is 0 Å². The van der Waals surface area contributed by atoms with Gasteiger partial charge in [0.05, 0.1) is 7.11 Å². The minimum atomic E-state index is -0.505. The van der Waals surface area contributed by atoms with E-state index in [1.807, 2.05) is 30.3 Å². The Balaban J connectivity index is 1.72. The van der Waals surface area contributed by atoms with Crippen LogP contribution in [0, 0.1) is 0 Å². The first-order chi connectivity index (χ1) is 10.2. The highest BCUT2D eigenvalue weighted by molar-refractivity contribution is 5.68. The lowest BCUT2D eigenvalue weighted by Gasteiger charge is -2.33. The zero-order valence-corrected chi connectivity index (χ0v) is 11.9. The van der Waals surface area contributed by atoms with Crippen LogP contribution in [0.5, 0.6) is 0 Å². The molecule has 0 atom stereocenters. The van der Waals surface area contributed by atoms with E-state index >= 15 is 0 Å². The van der Waals surface area contributed by atoms with Crippen molar-refractivity contribution in [3.05, 3.63) is 35.9 Å². The summed E-state index contributed by atoms with van der Waals surface area (Å²) in [7, 11) is 1.31. The molecule has 1 aliphatic heterocycles. The van der Waals surface area contributed by atoms with Crippen LogP contribution >= 0.6 is 0 Å². The van der Waals surface area contributed by atoms with Crippen molar-refractivity contribution >= 4 is 12.2 Å². The fourth-order valence-electron chi connectivity index (χ4n) is 1.99. The minimum absolute atomic E-state index is 0.264. The fourth-order valence-corrected chi connectivity index (χ4v) is 1.99. The van der Waals surface area contributed by atoms with E-state index in [0.29, 0.717) is 26.2 Å². The fraction of sp³-hybridized carbons (Fsp3) is 0.429. The van der Waals surface area contributed by atoms with Gasteiger partial charge in [-0.15, -0.1) is 0 Å². The predicted molar refractivity (Wildman–Crippen MR) is 75.3 cm³/mol. The average molecular weight is 293 g/mol. The van der Waals surface area contributed by atoms with E-state index in [9.17, 15) is 9.59 Å². The number of ether oxygens (including phenoxy) is 2. The molecule has 1 N–H and O–H groups in total. The molecule has 0 spiro atoms. The molecule has 1 saturated heterocycles. The summed E-state index contributed by atoms with van der Waals surface area (Å²) in [5.74, 6) is 0. The van der Waals surface area contributed by atoms with Gasteiger partial charge in [0.2, 0.25) is 0 Å². The van der Waals surface area contributed by atoms with Gasteiger partial charge in [-0.2, -0.15) is 0 Å². The number of rotatable bonds is 3. The van der Waals surface area contributed by atoms with E-state index < -0.39 is 6.09 Å². The third-order valence-corrected chi connectivity index (χ3v) is 3.18. The molecule has 0 bridgehead atoms. The molecular weight excluding hydrogens is 274 g/mol. The molecule has 21 heavy (non-hydrogen) atoms. The van der Waals surface area contributed by atoms with Crippen molar-refractivity contribution in [2.24, 2.45) is 0 Å². The number of nitrogens with zero attached hydrogens (tertiary/aromatic N) is 2. The lowest BCUT2D eigenvalue weighted by Crippen LogP contribution is -2.54. The SMILES string of the molecule is COC(=O)NN1CCN(C(=O)OCc2ccccc2)CC1. The van der Waals surface area contributed by atoms with Crippen LogP contribution in [0.4, 0.5) is 9.59 Å². The third-order valence-electron chi connectivity index (χ3n) is 3.18. The van der Waals surface area contributed by atoms with Crippen LogP contribution < -0.4 is 5.43 Å². The largest absolute Gasteiger partial charge is 0.452 e. The second-order valence-corrected chi connectivity index (χ2v) is 4.62. The maximum atomic E-state index is 11.9. The van der Waals surface area contributed by atoms with Crippen LogP contribution in [0.3, 0.4) is 0 Å². The summed E-state index contributed by atoms with van der Waals surface area (Å²) < 4.78 is 9.78. The summed E-state index contributed by atoms with van der Waals surface area (Å²) in [6, 6.07) is 9.54. The maximum Gasteiger partial charge on any atom is 0.421 e. The lowest BCUT2D eigenvalue weighted by molar-refractivity contribution is 0.0543. The molecule has 0 radical (unpaired) electrons. The predicted octanol–water partition coefficient (Wildman–Crippen LogP) is 1.21. The average Bonchev–Trinajstić information content (AvgIpc) is 2.54. The number of carbonyl (C=O) groups excluding carboxylic acids is 2. The maximum absolute atomic E-state index is 11.9. The first-order valence-corrected chi connectivity index (χ1v) is 6.74. The second kappa shape index (κ2) is 7.49. The Kier molecular flexibility index (Phi) is 5.39. The number of piperazine rings is 1. The normalized spacial score (nSPS) is 15.4. The number of hydrogen-bond donors (Lipinski definition) is 1. The summed E-state index contributed by atoms with van der Waals surface area (Å²) in [5, 5.41) is 1.72. The highest BCUT2D eigenvalue weighted by Crippen LogP contribution is 2.06. The molecule has 1 aromatic carbocycles. The molecule has 114 valence electrons. The van der Waals surface area contributed by atoms with E-state index in [2.05, 4.69) is 10.2 Å². The van der Waals surface area contributed by atoms with E-state index in [4.69, 9.17) is 4.74 Å². The Bertz CT molecular complexity index is 472. The van der Waals surface area contributed by atoms with E-state index in [-0.39, 0.29) is 12.7 Å². The molecule has 1 aliphatic rings. The summed E-state index contributed by atoms with van der Waals surface area (Å²) >= 11 is 0. The van der Waals surface area contributed by atoms with Crippen LogP contribution in [0.15, 0.2) is 30.3 Å². The van der Waals surface area contributed by atoms with Crippen molar-refractivity contribution < 1.29 is 19.1 Å². The van der Waals surface area contributed by atoms with Crippen molar-refractivity contribution in [3.8, 4) is 0 Å². The summed E-state index contributed by atoms with van der Waals surface area (Å²) in [4.78, 5) is 24.6. The van der Waals surface area contributed by atoms with Crippen LogP contribution in [-0.2, 0) is 16.1 Å². The number of hydrazine groups is 1. The van der Waals surface area contributed by atoms with Gasteiger partial charge in [0.25, 0.3) is 0 Å². The highest BCUT2D eigenvalue weighted by Gasteiger charge is 2.23. The van der Waals surface area contributed by atoms with Gasteiger partial charge in [-0.05, 0) is 5.56 Å². The van der Waals surface area contributed by atoms with Gasteiger partial charge in [0, 0.05) is 26.2 Å². The Morgan fingerprint density at radius 3 is 2.43 bits per heavy atom. The molecular formula is C14H19N3O4. The highest BCUT2D eigenvalue weighted by atomic mass is 16.6. The van der Waals surface area contributed by atoms with Gasteiger partial charge in [0.1, 0.15) is 6.61 Å². The van der Waals surface area contributed by atoms with Gasteiger partial charge in [0.15, 0.2) is 0 Å². The number of nitrogens with one attached hydrogen (secondary N) is 1. The topological polar surface area (TPSA) is 71.1 Å². The molecule has 0 saturated carbocycles. The van der Waals surface area contributed by atoms with Crippen molar-refractivity contribution in [2.45, 2.75) is 6.61 Å². The van der Waals surface area contributed by atoms with Crippen LogP contribution in [0.2, 0.25) is 0 Å². The number of amides is 2. The molecule has 2 rings (SSSR count). The van der Waals surface area contributed by atoms with Crippen molar-refractivity contribution in [2.75, 3.05) is 33.3 Å². The van der Waals surface area contributed by atoms with E-state index in [1.54, 1.807) is 9.91 Å². The zero-order valence-electron chi connectivity index (χ0n) is 11.9. The van der Waals surface area contributed by atoms with Gasteiger partial charge < -0.3 is 14.4 Å². The quantitative estimate of drug-likeness (QED) is 0.907. The van der Waals surface area contributed by atoms with Crippen molar-refractivity contribution in [1.82, 2.24) is 15.3 Å². The second-order valence-electron chi connectivity index (χ2n) is 4.62. The number of hydrogen-bond acceptors (Lipinski definition) is 5. The summed E-state index contributed by atoms with van der Waals surface area (Å²) in [5.41, 5.74) is 3.53.